The first-order valence-electron chi connectivity index (χ1n) is 7.13. The van der Waals surface area contributed by atoms with Crippen LogP contribution in [0.15, 0.2) is 46.9 Å². The van der Waals surface area contributed by atoms with E-state index in [9.17, 15) is 14.4 Å². The van der Waals surface area contributed by atoms with Gasteiger partial charge < -0.3 is 10.1 Å². The lowest BCUT2D eigenvalue weighted by Gasteiger charge is -2.17. The molecule has 2 aromatic rings. The number of carbonyl (C=O) groups excluding carboxylic acids is 3. The predicted octanol–water partition coefficient (Wildman–Crippen LogP) is 2.37. The van der Waals surface area contributed by atoms with Gasteiger partial charge in [-0.2, -0.15) is 0 Å². The lowest BCUT2D eigenvalue weighted by Crippen LogP contribution is -2.29. The molecule has 3 amide bonds. The normalized spacial score (nSPS) is 13.0. The smallest absolute Gasteiger partial charge is 0.266 e. The minimum atomic E-state index is -0.389. The maximum atomic E-state index is 12.6. The molecule has 0 aromatic heterocycles. The molecule has 0 radical (unpaired) electrons. The van der Waals surface area contributed by atoms with Crippen molar-refractivity contribution in [2.24, 2.45) is 0 Å². The third-order valence-electron chi connectivity index (χ3n) is 3.60. The summed E-state index contributed by atoms with van der Waals surface area (Å²) in [6, 6.07) is 11.5. The largest absolute Gasteiger partial charge is 0.484 e. The van der Waals surface area contributed by atoms with Gasteiger partial charge in [0, 0.05) is 17.6 Å². The van der Waals surface area contributed by atoms with E-state index in [0.717, 1.165) is 4.90 Å². The highest BCUT2D eigenvalue weighted by Gasteiger charge is 2.37. The molecule has 24 heavy (non-hydrogen) atoms. The maximum absolute atomic E-state index is 12.6. The first-order chi connectivity index (χ1) is 11.5. The number of nitrogens with zero attached hydrogens (tertiary/aromatic N) is 1. The van der Waals surface area contributed by atoms with Gasteiger partial charge in [-0.3, -0.25) is 14.4 Å². The molecule has 0 saturated heterocycles. The third-order valence-corrected chi connectivity index (χ3v) is 4.27. The van der Waals surface area contributed by atoms with Gasteiger partial charge in [0.1, 0.15) is 5.75 Å². The van der Waals surface area contributed by atoms with Crippen molar-refractivity contribution in [3.05, 3.63) is 58.1 Å². The molecule has 122 valence electrons. The second-order valence-corrected chi connectivity index (χ2v) is 5.92. The average Bonchev–Trinajstić information content (AvgIpc) is 2.85. The van der Waals surface area contributed by atoms with E-state index in [0.29, 0.717) is 27.0 Å². The summed E-state index contributed by atoms with van der Waals surface area (Å²) in [5.41, 5.74) is 1.10. The van der Waals surface area contributed by atoms with Crippen molar-refractivity contribution in [2.45, 2.75) is 0 Å². The van der Waals surface area contributed by atoms with Gasteiger partial charge in [-0.1, -0.05) is 12.1 Å². The minimum absolute atomic E-state index is 0.153. The van der Waals surface area contributed by atoms with E-state index >= 15 is 0 Å². The van der Waals surface area contributed by atoms with Crippen LogP contribution >= 0.6 is 15.9 Å². The summed E-state index contributed by atoms with van der Waals surface area (Å²) >= 11 is 3.35. The molecule has 3 rings (SSSR count). The Morgan fingerprint density at radius 3 is 2.33 bits per heavy atom. The highest BCUT2D eigenvalue weighted by atomic mass is 79.9. The molecule has 0 bridgehead atoms. The van der Waals surface area contributed by atoms with E-state index in [-0.39, 0.29) is 24.3 Å². The minimum Gasteiger partial charge on any atom is -0.484 e. The number of carbonyl (C=O) groups is 3. The standard InChI is InChI=1S/C17H13BrN2O4/c1-19-15(21)9-24-10-6-7-13(18)14(8-10)20-16(22)11-4-2-3-5-12(11)17(20)23/h2-8H,9H2,1H3,(H,19,21). The molecule has 1 heterocycles. The first kappa shape index (κ1) is 16.2. The number of anilines is 1. The van der Waals surface area contributed by atoms with Crippen molar-refractivity contribution >= 4 is 39.3 Å². The first-order valence-corrected chi connectivity index (χ1v) is 7.93. The van der Waals surface area contributed by atoms with Gasteiger partial charge in [0.2, 0.25) is 0 Å². The molecule has 0 saturated carbocycles. The molecule has 0 atom stereocenters. The number of imide groups is 1. The quantitative estimate of drug-likeness (QED) is 0.815. The number of halogens is 1. The van der Waals surface area contributed by atoms with Crippen LogP contribution in [0.1, 0.15) is 20.7 Å². The molecule has 1 N–H and O–H groups in total. The summed E-state index contributed by atoms with van der Waals surface area (Å²) < 4.78 is 5.95. The van der Waals surface area contributed by atoms with E-state index in [2.05, 4.69) is 21.2 Å². The van der Waals surface area contributed by atoms with E-state index in [1.165, 1.54) is 7.05 Å². The SMILES string of the molecule is CNC(=O)COc1ccc(Br)c(N2C(=O)c3ccccc3C2=O)c1. The second kappa shape index (κ2) is 6.45. The molecule has 2 aromatic carbocycles. The molecule has 0 fully saturated rings. The number of likely N-dealkylation sites (N-methyl/N-ethyl adjacent to an activating group) is 1. The zero-order valence-corrected chi connectivity index (χ0v) is 14.3. The van der Waals surface area contributed by atoms with E-state index < -0.39 is 0 Å². The molecular weight excluding hydrogens is 376 g/mol. The molecule has 0 aliphatic carbocycles. The second-order valence-electron chi connectivity index (χ2n) is 5.07. The fraction of sp³-hybridized carbons (Fsp3) is 0.118. The van der Waals surface area contributed by atoms with Gasteiger partial charge in [0.05, 0.1) is 16.8 Å². The number of nitrogens with one attached hydrogen (secondary N) is 1. The van der Waals surface area contributed by atoms with Crippen molar-refractivity contribution < 1.29 is 19.1 Å². The van der Waals surface area contributed by atoms with Gasteiger partial charge in [0.15, 0.2) is 6.61 Å². The molecule has 1 aliphatic rings. The summed E-state index contributed by atoms with van der Waals surface area (Å²) in [6.07, 6.45) is 0. The summed E-state index contributed by atoms with van der Waals surface area (Å²) in [4.78, 5) is 37.5. The van der Waals surface area contributed by atoms with Crippen LogP contribution in [0.2, 0.25) is 0 Å². The summed E-state index contributed by atoms with van der Waals surface area (Å²) in [5.74, 6) is -0.673. The topological polar surface area (TPSA) is 75.7 Å². The third kappa shape index (κ3) is 2.78. The number of ether oxygens (including phenoxy) is 1. The number of hydrogen-bond acceptors (Lipinski definition) is 4. The molecule has 1 aliphatic heterocycles. The van der Waals surface area contributed by atoms with Crippen molar-refractivity contribution in [2.75, 3.05) is 18.6 Å². The molecule has 0 unspecified atom stereocenters. The van der Waals surface area contributed by atoms with Crippen molar-refractivity contribution in [1.82, 2.24) is 5.32 Å². The zero-order valence-electron chi connectivity index (χ0n) is 12.7. The lowest BCUT2D eigenvalue weighted by molar-refractivity contribution is -0.122. The van der Waals surface area contributed by atoms with Crippen LogP contribution in [-0.2, 0) is 4.79 Å². The number of fused-ring (bicyclic) bond motifs is 1. The monoisotopic (exact) mass is 388 g/mol. The van der Waals surface area contributed by atoms with Crippen LogP contribution in [0.4, 0.5) is 5.69 Å². The number of amides is 3. The number of hydrogen-bond donors (Lipinski definition) is 1. The Hall–Kier alpha value is -2.67. The van der Waals surface area contributed by atoms with Crippen molar-refractivity contribution in [3.8, 4) is 5.75 Å². The van der Waals surface area contributed by atoms with Gasteiger partial charge in [-0.25, -0.2) is 4.90 Å². The van der Waals surface area contributed by atoms with Crippen molar-refractivity contribution in [1.29, 1.82) is 0 Å². The van der Waals surface area contributed by atoms with Gasteiger partial charge >= 0.3 is 0 Å². The highest BCUT2D eigenvalue weighted by Crippen LogP contribution is 2.35. The Morgan fingerprint density at radius 1 is 1.12 bits per heavy atom. The molecular formula is C17H13BrN2O4. The fourth-order valence-electron chi connectivity index (χ4n) is 2.38. The Kier molecular flexibility index (Phi) is 4.35. The summed E-state index contributed by atoms with van der Waals surface area (Å²) in [5, 5.41) is 2.45. The highest BCUT2D eigenvalue weighted by molar-refractivity contribution is 9.10. The molecule has 0 spiro atoms. The number of benzene rings is 2. The average molecular weight is 389 g/mol. The van der Waals surface area contributed by atoms with Crippen LogP contribution in [-0.4, -0.2) is 31.4 Å². The fourth-order valence-corrected chi connectivity index (χ4v) is 2.81. The van der Waals surface area contributed by atoms with Crippen molar-refractivity contribution in [3.63, 3.8) is 0 Å². The van der Waals surface area contributed by atoms with Gasteiger partial charge in [-0.15, -0.1) is 0 Å². The zero-order chi connectivity index (χ0) is 17.3. The van der Waals surface area contributed by atoms with Crippen LogP contribution < -0.4 is 15.0 Å². The lowest BCUT2D eigenvalue weighted by atomic mass is 10.1. The Morgan fingerprint density at radius 2 is 1.75 bits per heavy atom. The van der Waals surface area contributed by atoms with Crippen LogP contribution in [0.25, 0.3) is 0 Å². The summed E-state index contributed by atoms with van der Waals surface area (Å²) in [6.45, 7) is -0.153. The number of rotatable bonds is 4. The van der Waals surface area contributed by atoms with E-state index in [1.54, 1.807) is 42.5 Å². The Balaban J connectivity index is 1.94. The molecule has 7 heteroatoms. The van der Waals surface area contributed by atoms with E-state index in [4.69, 9.17) is 4.74 Å². The Bertz CT molecular complexity index is 815. The van der Waals surface area contributed by atoms with Gasteiger partial charge in [-0.05, 0) is 40.2 Å². The van der Waals surface area contributed by atoms with Gasteiger partial charge in [0.25, 0.3) is 17.7 Å². The van der Waals surface area contributed by atoms with E-state index in [1.807, 2.05) is 0 Å². The van der Waals surface area contributed by atoms with Crippen LogP contribution in [0, 0.1) is 0 Å². The summed E-state index contributed by atoms with van der Waals surface area (Å²) in [7, 11) is 1.51. The maximum Gasteiger partial charge on any atom is 0.266 e. The predicted molar refractivity (Wildman–Crippen MR) is 91.3 cm³/mol. The Labute approximate surface area is 146 Å². The van der Waals surface area contributed by atoms with Crippen LogP contribution in [0.5, 0.6) is 5.75 Å². The molecule has 6 nitrogen and oxygen atoms in total. The van der Waals surface area contributed by atoms with Crippen LogP contribution in [0.3, 0.4) is 0 Å².